The molecule has 24 heavy (non-hydrogen) atoms. The minimum Gasteiger partial charge on any atom is -0.345 e. The van der Waals surface area contributed by atoms with Crippen LogP contribution in [0.5, 0.6) is 0 Å². The molecule has 2 heterocycles. The highest BCUT2D eigenvalue weighted by Gasteiger charge is 2.21. The maximum absolute atomic E-state index is 12.7. The SMILES string of the molecule is O=C(C#Cc1cccc(C(F)F)c1)N1CCN(c2nccs2)CC1. The first-order valence-corrected chi connectivity index (χ1v) is 8.35. The van der Waals surface area contributed by atoms with Crippen LogP contribution < -0.4 is 4.90 Å². The molecule has 1 fully saturated rings. The molecule has 0 atom stereocenters. The minimum atomic E-state index is -2.54. The molecule has 124 valence electrons. The minimum absolute atomic E-state index is 0.0914. The molecule has 1 aliphatic rings. The number of benzene rings is 1. The molecule has 0 bridgehead atoms. The number of amides is 1. The first kappa shape index (κ1) is 16.4. The molecule has 2 aromatic rings. The van der Waals surface area contributed by atoms with Crippen LogP contribution in [0.1, 0.15) is 17.6 Å². The molecule has 0 unspecified atom stereocenters. The van der Waals surface area contributed by atoms with Crippen LogP contribution in [0.15, 0.2) is 35.8 Å². The van der Waals surface area contributed by atoms with Crippen molar-refractivity contribution in [2.75, 3.05) is 31.1 Å². The molecule has 1 aliphatic heterocycles. The second-order valence-corrected chi connectivity index (χ2v) is 6.14. The van der Waals surface area contributed by atoms with Crippen LogP contribution in [0.3, 0.4) is 0 Å². The van der Waals surface area contributed by atoms with Crippen LogP contribution in [0.4, 0.5) is 13.9 Å². The number of thiazole rings is 1. The van der Waals surface area contributed by atoms with Gasteiger partial charge in [-0.25, -0.2) is 13.8 Å². The highest BCUT2D eigenvalue weighted by molar-refractivity contribution is 7.13. The van der Waals surface area contributed by atoms with Crippen molar-refractivity contribution in [2.45, 2.75) is 6.43 Å². The third kappa shape index (κ3) is 3.89. The quantitative estimate of drug-likeness (QED) is 0.784. The average molecular weight is 347 g/mol. The Bertz CT molecular complexity index is 760. The Labute approximate surface area is 142 Å². The van der Waals surface area contributed by atoms with Gasteiger partial charge >= 0.3 is 0 Å². The fourth-order valence-electron chi connectivity index (χ4n) is 2.43. The summed E-state index contributed by atoms with van der Waals surface area (Å²) in [7, 11) is 0. The topological polar surface area (TPSA) is 36.4 Å². The zero-order chi connectivity index (χ0) is 16.9. The smallest absolute Gasteiger partial charge is 0.298 e. The van der Waals surface area contributed by atoms with Gasteiger partial charge in [0.2, 0.25) is 0 Å². The number of alkyl halides is 2. The first-order valence-electron chi connectivity index (χ1n) is 7.47. The lowest BCUT2D eigenvalue weighted by Gasteiger charge is -2.33. The average Bonchev–Trinajstić information content (AvgIpc) is 3.14. The molecular formula is C17H15F2N3OS. The van der Waals surface area contributed by atoms with Crippen LogP contribution in [0.25, 0.3) is 0 Å². The summed E-state index contributed by atoms with van der Waals surface area (Å²) in [5.74, 6) is 4.94. The Hall–Kier alpha value is -2.46. The van der Waals surface area contributed by atoms with Crippen LogP contribution in [0, 0.1) is 11.8 Å². The Balaban J connectivity index is 1.60. The van der Waals surface area contributed by atoms with E-state index in [2.05, 4.69) is 21.7 Å². The number of hydrogen-bond acceptors (Lipinski definition) is 4. The summed E-state index contributed by atoms with van der Waals surface area (Å²) in [6.45, 7) is 2.57. The normalized spacial score (nSPS) is 14.5. The van der Waals surface area contributed by atoms with Crippen molar-refractivity contribution in [2.24, 2.45) is 0 Å². The molecule has 0 spiro atoms. The van der Waals surface area contributed by atoms with Crippen molar-refractivity contribution < 1.29 is 13.6 Å². The van der Waals surface area contributed by atoms with Crippen LogP contribution in [0.2, 0.25) is 0 Å². The summed E-state index contributed by atoms with van der Waals surface area (Å²) >= 11 is 1.57. The van der Waals surface area contributed by atoms with E-state index in [9.17, 15) is 13.6 Å². The number of carbonyl (C=O) groups is 1. The fourth-order valence-corrected chi connectivity index (χ4v) is 3.13. The summed E-state index contributed by atoms with van der Waals surface area (Å²) in [5, 5.41) is 2.88. The molecule has 3 rings (SSSR count). The molecule has 1 amide bonds. The fraction of sp³-hybridized carbons (Fsp3) is 0.294. The lowest BCUT2D eigenvalue weighted by molar-refractivity contribution is -0.125. The number of hydrogen-bond donors (Lipinski definition) is 0. The summed E-state index contributed by atoms with van der Waals surface area (Å²) < 4.78 is 25.3. The molecule has 7 heteroatoms. The standard InChI is InChI=1S/C17H15F2N3OS/c18-16(19)14-3-1-2-13(12-14)4-5-15(23)21-7-9-22(10-8-21)17-20-6-11-24-17/h1-3,6,11-12,16H,7-10H2. The van der Waals surface area contributed by atoms with Gasteiger partial charge in [0.15, 0.2) is 5.13 Å². The van der Waals surface area contributed by atoms with E-state index in [0.29, 0.717) is 31.7 Å². The molecular weight excluding hydrogens is 332 g/mol. The Morgan fingerprint density at radius 2 is 2.04 bits per heavy atom. The third-order valence-electron chi connectivity index (χ3n) is 3.71. The van der Waals surface area contributed by atoms with Gasteiger partial charge in [-0.3, -0.25) is 4.79 Å². The van der Waals surface area contributed by atoms with Gasteiger partial charge in [-0.2, -0.15) is 0 Å². The molecule has 4 nitrogen and oxygen atoms in total. The number of aromatic nitrogens is 1. The van der Waals surface area contributed by atoms with Gasteiger partial charge in [-0.1, -0.05) is 18.1 Å². The molecule has 0 saturated carbocycles. The molecule has 0 radical (unpaired) electrons. The van der Waals surface area contributed by atoms with Gasteiger partial charge in [0.25, 0.3) is 12.3 Å². The largest absolute Gasteiger partial charge is 0.345 e. The third-order valence-corrected chi connectivity index (χ3v) is 4.54. The van der Waals surface area contributed by atoms with Crippen molar-refractivity contribution in [1.29, 1.82) is 0 Å². The monoisotopic (exact) mass is 347 g/mol. The van der Waals surface area contributed by atoms with Crippen LogP contribution in [-0.4, -0.2) is 42.0 Å². The van der Waals surface area contributed by atoms with Gasteiger partial charge < -0.3 is 9.80 Å². The highest BCUT2D eigenvalue weighted by Crippen LogP contribution is 2.20. The van der Waals surface area contributed by atoms with E-state index < -0.39 is 6.43 Å². The molecule has 1 aromatic heterocycles. The van der Waals surface area contributed by atoms with Gasteiger partial charge in [0.1, 0.15) is 0 Å². The summed E-state index contributed by atoms with van der Waals surface area (Å²) in [6, 6.07) is 5.79. The van der Waals surface area contributed by atoms with Crippen molar-refractivity contribution in [3.05, 3.63) is 47.0 Å². The zero-order valence-corrected chi connectivity index (χ0v) is 13.6. The van der Waals surface area contributed by atoms with E-state index in [0.717, 1.165) is 5.13 Å². The van der Waals surface area contributed by atoms with Crippen molar-refractivity contribution in [1.82, 2.24) is 9.88 Å². The number of piperazine rings is 1. The molecule has 0 N–H and O–H groups in total. The lowest BCUT2D eigenvalue weighted by Crippen LogP contribution is -2.48. The van der Waals surface area contributed by atoms with Gasteiger partial charge in [-0.15, -0.1) is 11.3 Å². The second-order valence-electron chi connectivity index (χ2n) is 5.27. The van der Waals surface area contributed by atoms with Crippen molar-refractivity contribution >= 4 is 22.4 Å². The van der Waals surface area contributed by atoms with Gasteiger partial charge in [0, 0.05) is 54.8 Å². The maximum atomic E-state index is 12.7. The van der Waals surface area contributed by atoms with Crippen molar-refractivity contribution in [3.63, 3.8) is 0 Å². The molecule has 1 saturated heterocycles. The summed E-state index contributed by atoms with van der Waals surface area (Å²) in [6.07, 6.45) is -0.780. The van der Waals surface area contributed by atoms with E-state index in [1.165, 1.54) is 18.2 Å². The number of carbonyl (C=O) groups excluding carboxylic acids is 1. The first-order chi connectivity index (χ1) is 11.6. The van der Waals surface area contributed by atoms with Crippen molar-refractivity contribution in [3.8, 4) is 11.8 Å². The summed E-state index contributed by atoms with van der Waals surface area (Å²) in [4.78, 5) is 20.2. The Morgan fingerprint density at radius 1 is 1.25 bits per heavy atom. The second kappa shape index (κ2) is 7.41. The Kier molecular flexibility index (Phi) is 5.06. The number of nitrogens with zero attached hydrogens (tertiary/aromatic N) is 3. The number of halogens is 2. The molecule has 0 aliphatic carbocycles. The maximum Gasteiger partial charge on any atom is 0.298 e. The van der Waals surface area contributed by atoms with E-state index in [1.807, 2.05) is 5.38 Å². The van der Waals surface area contributed by atoms with E-state index in [-0.39, 0.29) is 11.5 Å². The predicted molar refractivity (Wildman–Crippen MR) is 89.2 cm³/mol. The van der Waals surface area contributed by atoms with Gasteiger partial charge in [-0.05, 0) is 12.1 Å². The van der Waals surface area contributed by atoms with E-state index in [4.69, 9.17) is 0 Å². The number of anilines is 1. The molecule has 1 aromatic carbocycles. The van der Waals surface area contributed by atoms with Crippen LogP contribution >= 0.6 is 11.3 Å². The van der Waals surface area contributed by atoms with E-state index >= 15 is 0 Å². The van der Waals surface area contributed by atoms with Crippen LogP contribution in [-0.2, 0) is 4.79 Å². The van der Waals surface area contributed by atoms with Gasteiger partial charge in [0.05, 0.1) is 0 Å². The lowest BCUT2D eigenvalue weighted by atomic mass is 10.1. The number of rotatable bonds is 2. The Morgan fingerprint density at radius 3 is 2.71 bits per heavy atom. The zero-order valence-electron chi connectivity index (χ0n) is 12.8. The van der Waals surface area contributed by atoms with E-state index in [1.54, 1.807) is 28.5 Å². The summed E-state index contributed by atoms with van der Waals surface area (Å²) in [5.41, 5.74) is 0.328. The highest BCUT2D eigenvalue weighted by atomic mass is 32.1. The predicted octanol–water partition coefficient (Wildman–Crippen LogP) is 2.78.